The van der Waals surface area contributed by atoms with Crippen LogP contribution in [0, 0.1) is 0 Å². The van der Waals surface area contributed by atoms with Crippen LogP contribution >= 0.6 is 11.3 Å². The maximum absolute atomic E-state index is 12.7. The van der Waals surface area contributed by atoms with Gasteiger partial charge in [0, 0.05) is 47.4 Å². The first-order valence-corrected chi connectivity index (χ1v) is 11.5. The summed E-state index contributed by atoms with van der Waals surface area (Å²) in [4.78, 5) is 46.8. The minimum Gasteiger partial charge on any atom is -0.378 e. The molecule has 0 unspecified atom stereocenters. The Bertz CT molecular complexity index is 1230. The average Bonchev–Trinajstić information content (AvgIpc) is 3.30. The zero-order valence-corrected chi connectivity index (χ0v) is 18.2. The van der Waals surface area contributed by atoms with E-state index in [0.717, 1.165) is 29.5 Å². The Morgan fingerprint density at radius 2 is 1.91 bits per heavy atom. The highest BCUT2D eigenvalue weighted by atomic mass is 32.1. The second-order valence-corrected chi connectivity index (χ2v) is 8.66. The Kier molecular flexibility index (Phi) is 5.59. The minimum absolute atomic E-state index is 0.0411. The van der Waals surface area contributed by atoms with E-state index in [1.807, 2.05) is 17.5 Å². The van der Waals surface area contributed by atoms with Gasteiger partial charge < -0.3 is 19.9 Å². The molecule has 1 aliphatic heterocycles. The molecule has 0 saturated carbocycles. The number of nitrogens with zero attached hydrogens (tertiary/aromatic N) is 2. The number of aromatic nitrogens is 2. The van der Waals surface area contributed by atoms with Gasteiger partial charge in [0.1, 0.15) is 5.56 Å². The van der Waals surface area contributed by atoms with Crippen LogP contribution in [0.1, 0.15) is 39.3 Å². The van der Waals surface area contributed by atoms with Crippen LogP contribution in [0.25, 0.3) is 11.3 Å². The maximum Gasteiger partial charge on any atom is 0.261 e. The van der Waals surface area contributed by atoms with Gasteiger partial charge in [-0.05, 0) is 31.0 Å². The summed E-state index contributed by atoms with van der Waals surface area (Å²) < 4.78 is 5.39. The number of amides is 1. The summed E-state index contributed by atoms with van der Waals surface area (Å²) in [6.45, 7) is 3.10. The van der Waals surface area contributed by atoms with Gasteiger partial charge in [-0.3, -0.25) is 14.4 Å². The van der Waals surface area contributed by atoms with Crippen LogP contribution in [-0.4, -0.2) is 48.0 Å². The molecule has 1 fully saturated rings. The van der Waals surface area contributed by atoms with Gasteiger partial charge >= 0.3 is 0 Å². The second kappa shape index (κ2) is 8.68. The third-order valence-electron chi connectivity index (χ3n) is 5.71. The molecule has 1 saturated heterocycles. The number of morpholine rings is 1. The number of benzene rings is 1. The molecule has 9 heteroatoms. The molecule has 164 valence electrons. The van der Waals surface area contributed by atoms with Gasteiger partial charge in [0.15, 0.2) is 10.9 Å². The topological polar surface area (TPSA) is 104 Å². The van der Waals surface area contributed by atoms with Gasteiger partial charge in [0.05, 0.1) is 18.9 Å². The number of thiazole rings is 1. The molecule has 0 radical (unpaired) electrons. The highest BCUT2D eigenvalue weighted by Gasteiger charge is 2.22. The lowest BCUT2D eigenvalue weighted by molar-refractivity contribution is 0.0971. The summed E-state index contributed by atoms with van der Waals surface area (Å²) in [6.07, 6.45) is 1.79. The van der Waals surface area contributed by atoms with Crippen molar-refractivity contribution in [3.8, 4) is 11.3 Å². The van der Waals surface area contributed by atoms with Gasteiger partial charge in [0.2, 0.25) is 0 Å². The molecule has 1 aromatic carbocycles. The number of aryl methyl sites for hydroxylation is 1. The van der Waals surface area contributed by atoms with Crippen LogP contribution in [0.15, 0.2) is 40.5 Å². The molecule has 3 aromatic rings. The number of hydrogen-bond acceptors (Lipinski definition) is 7. The van der Waals surface area contributed by atoms with E-state index in [9.17, 15) is 14.4 Å². The molecule has 2 aromatic heterocycles. The molecule has 1 amide bonds. The Labute approximate surface area is 188 Å². The number of aromatic amines is 1. The van der Waals surface area contributed by atoms with Crippen LogP contribution in [0.2, 0.25) is 0 Å². The summed E-state index contributed by atoms with van der Waals surface area (Å²) in [5.74, 6) is -0.580. The van der Waals surface area contributed by atoms with E-state index in [0.29, 0.717) is 49.4 Å². The predicted molar refractivity (Wildman–Crippen MR) is 123 cm³/mol. The molecule has 3 heterocycles. The molecule has 1 aliphatic carbocycles. The smallest absolute Gasteiger partial charge is 0.261 e. The van der Waals surface area contributed by atoms with Crippen molar-refractivity contribution in [2.45, 2.75) is 19.3 Å². The van der Waals surface area contributed by atoms with Crippen molar-refractivity contribution in [2.75, 3.05) is 36.5 Å². The fourth-order valence-corrected chi connectivity index (χ4v) is 4.85. The van der Waals surface area contributed by atoms with E-state index in [-0.39, 0.29) is 11.3 Å². The highest BCUT2D eigenvalue weighted by molar-refractivity contribution is 7.14. The van der Waals surface area contributed by atoms with Crippen molar-refractivity contribution < 1.29 is 14.3 Å². The Hall–Kier alpha value is -3.30. The molecular formula is C23H22N4O4S. The van der Waals surface area contributed by atoms with Crippen molar-refractivity contribution in [2.24, 2.45) is 0 Å². The quantitative estimate of drug-likeness (QED) is 0.633. The second-order valence-electron chi connectivity index (χ2n) is 7.83. The fourth-order valence-electron chi connectivity index (χ4n) is 3.96. The number of fused-ring (bicyclic) bond motifs is 1. The first kappa shape index (κ1) is 20.6. The lowest BCUT2D eigenvalue weighted by Crippen LogP contribution is -2.36. The number of H-pyrrole nitrogens is 1. The molecule has 0 atom stereocenters. The third-order valence-corrected chi connectivity index (χ3v) is 6.61. The van der Waals surface area contributed by atoms with Crippen LogP contribution in [0.3, 0.4) is 0 Å². The zero-order chi connectivity index (χ0) is 22.1. The van der Waals surface area contributed by atoms with Crippen molar-refractivity contribution in [1.29, 1.82) is 0 Å². The number of rotatable bonds is 4. The van der Waals surface area contributed by atoms with Gasteiger partial charge in [0.25, 0.3) is 11.5 Å². The summed E-state index contributed by atoms with van der Waals surface area (Å²) in [5, 5.41) is 5.74. The molecule has 2 N–H and O–H groups in total. The van der Waals surface area contributed by atoms with Crippen LogP contribution in [0.5, 0.6) is 0 Å². The van der Waals surface area contributed by atoms with Crippen LogP contribution < -0.4 is 15.8 Å². The normalized spacial score (nSPS) is 16.0. The lowest BCUT2D eigenvalue weighted by Gasteiger charge is -2.26. The zero-order valence-electron chi connectivity index (χ0n) is 17.3. The summed E-state index contributed by atoms with van der Waals surface area (Å²) in [6, 6.07) is 8.74. The van der Waals surface area contributed by atoms with Crippen molar-refractivity contribution in [3.63, 3.8) is 0 Å². The van der Waals surface area contributed by atoms with E-state index in [1.165, 1.54) is 6.07 Å². The van der Waals surface area contributed by atoms with E-state index >= 15 is 0 Å². The Morgan fingerprint density at radius 1 is 1.12 bits per heavy atom. The first-order chi connectivity index (χ1) is 15.6. The average molecular weight is 451 g/mol. The van der Waals surface area contributed by atoms with Gasteiger partial charge in [-0.2, -0.15) is 0 Å². The van der Waals surface area contributed by atoms with Gasteiger partial charge in [-0.1, -0.05) is 12.1 Å². The van der Waals surface area contributed by atoms with Crippen molar-refractivity contribution in [3.05, 3.63) is 62.9 Å². The number of ether oxygens (including phenoxy) is 1. The molecular weight excluding hydrogens is 428 g/mol. The molecule has 0 spiro atoms. The summed E-state index contributed by atoms with van der Waals surface area (Å²) >= 11 is 1.60. The summed E-state index contributed by atoms with van der Waals surface area (Å²) in [5.41, 5.74) is 2.90. The number of nitrogens with one attached hydrogen (secondary N) is 2. The standard InChI is InChI=1S/C23H22N4O4S/c28-20-3-1-2-18-16(20)12-17(22(30)25-18)21(29)24-15-6-4-14(5-7-15)19-13-32-23(26-19)27-8-10-31-11-9-27/h4-7,12-13H,1-3,8-11H2,(H,24,29)(H,25,30). The maximum atomic E-state index is 12.7. The van der Waals surface area contributed by atoms with Crippen LogP contribution in [0.4, 0.5) is 10.8 Å². The largest absolute Gasteiger partial charge is 0.378 e. The van der Waals surface area contributed by atoms with Crippen molar-refractivity contribution in [1.82, 2.24) is 9.97 Å². The number of anilines is 2. The predicted octanol–water partition coefficient (Wildman–Crippen LogP) is 3.11. The van der Waals surface area contributed by atoms with Gasteiger partial charge in [-0.25, -0.2) is 4.98 Å². The Morgan fingerprint density at radius 3 is 2.69 bits per heavy atom. The number of pyridine rings is 1. The van der Waals surface area contributed by atoms with E-state index < -0.39 is 11.5 Å². The van der Waals surface area contributed by atoms with E-state index in [2.05, 4.69) is 15.2 Å². The number of carbonyl (C=O) groups is 2. The monoisotopic (exact) mass is 450 g/mol. The fraction of sp³-hybridized carbons (Fsp3) is 0.304. The SMILES string of the molecule is O=C1CCCc2[nH]c(=O)c(C(=O)Nc3ccc(-c4csc(N5CCOCC5)n4)cc3)cc21. The van der Waals surface area contributed by atoms with E-state index in [1.54, 1.807) is 23.5 Å². The van der Waals surface area contributed by atoms with Crippen LogP contribution in [-0.2, 0) is 11.2 Å². The third kappa shape index (κ3) is 4.09. The summed E-state index contributed by atoms with van der Waals surface area (Å²) in [7, 11) is 0. The van der Waals surface area contributed by atoms with E-state index in [4.69, 9.17) is 9.72 Å². The molecule has 32 heavy (non-hydrogen) atoms. The number of carbonyl (C=O) groups excluding carboxylic acids is 2. The number of ketones is 1. The molecule has 8 nitrogen and oxygen atoms in total. The van der Waals surface area contributed by atoms with Crippen molar-refractivity contribution >= 4 is 33.8 Å². The molecule has 0 bridgehead atoms. The minimum atomic E-state index is -0.538. The Balaban J connectivity index is 1.31. The number of hydrogen-bond donors (Lipinski definition) is 2. The highest BCUT2D eigenvalue weighted by Crippen LogP contribution is 2.29. The first-order valence-electron chi connectivity index (χ1n) is 10.6. The lowest BCUT2D eigenvalue weighted by atomic mass is 9.93. The number of Topliss-reactive ketones (excluding diaryl/α,β-unsaturated/α-hetero) is 1. The van der Waals surface area contributed by atoms with Gasteiger partial charge in [-0.15, -0.1) is 11.3 Å². The molecule has 5 rings (SSSR count). The molecule has 2 aliphatic rings.